The molecular weight excluding hydrogens is 186 g/mol. The minimum atomic E-state index is 0.0493. The summed E-state index contributed by atoms with van der Waals surface area (Å²) >= 11 is 0. The van der Waals surface area contributed by atoms with E-state index in [-0.39, 0.29) is 6.04 Å². The van der Waals surface area contributed by atoms with E-state index in [4.69, 9.17) is 5.73 Å². The lowest BCUT2D eigenvalue weighted by Crippen LogP contribution is -2.16. The van der Waals surface area contributed by atoms with Crippen LogP contribution in [0.4, 0.5) is 0 Å². The standard InChI is InChI=1S/C12H21N3/c1-4-5-9(2)8-11(13)12-6-7-14-10(3)15-12/h6-7,9,11H,4-5,8,13H2,1-3H3. The van der Waals surface area contributed by atoms with Crippen molar-refractivity contribution in [3.8, 4) is 0 Å². The van der Waals surface area contributed by atoms with Gasteiger partial charge in [-0.2, -0.15) is 0 Å². The molecule has 1 rings (SSSR count). The van der Waals surface area contributed by atoms with E-state index < -0.39 is 0 Å². The molecule has 1 aromatic rings. The molecule has 0 aliphatic carbocycles. The fraction of sp³-hybridized carbons (Fsp3) is 0.667. The Labute approximate surface area is 92.1 Å². The molecule has 0 bridgehead atoms. The van der Waals surface area contributed by atoms with Gasteiger partial charge in [-0.3, -0.25) is 0 Å². The third-order valence-electron chi connectivity index (χ3n) is 2.62. The van der Waals surface area contributed by atoms with Crippen LogP contribution in [0.5, 0.6) is 0 Å². The molecule has 0 aromatic carbocycles. The molecule has 0 fully saturated rings. The molecule has 0 amide bonds. The zero-order chi connectivity index (χ0) is 11.3. The molecule has 0 saturated carbocycles. The molecule has 15 heavy (non-hydrogen) atoms. The Balaban J connectivity index is 2.56. The van der Waals surface area contributed by atoms with E-state index in [9.17, 15) is 0 Å². The molecule has 1 heterocycles. The van der Waals surface area contributed by atoms with Gasteiger partial charge >= 0.3 is 0 Å². The first-order valence-electron chi connectivity index (χ1n) is 5.68. The van der Waals surface area contributed by atoms with E-state index in [1.54, 1.807) is 6.20 Å². The van der Waals surface area contributed by atoms with Gasteiger partial charge in [0.15, 0.2) is 0 Å². The summed E-state index contributed by atoms with van der Waals surface area (Å²) in [6.07, 6.45) is 5.24. The van der Waals surface area contributed by atoms with Gasteiger partial charge < -0.3 is 5.73 Å². The number of hydrogen-bond acceptors (Lipinski definition) is 3. The fourth-order valence-electron chi connectivity index (χ4n) is 1.85. The maximum Gasteiger partial charge on any atom is 0.125 e. The van der Waals surface area contributed by atoms with Crippen molar-refractivity contribution in [3.63, 3.8) is 0 Å². The van der Waals surface area contributed by atoms with Gasteiger partial charge in [0.1, 0.15) is 5.82 Å². The molecule has 2 N–H and O–H groups in total. The second kappa shape index (κ2) is 5.81. The van der Waals surface area contributed by atoms with Gasteiger partial charge in [0.05, 0.1) is 5.69 Å². The lowest BCUT2D eigenvalue weighted by molar-refractivity contribution is 0.435. The number of aromatic nitrogens is 2. The molecule has 0 aliphatic heterocycles. The van der Waals surface area contributed by atoms with Gasteiger partial charge in [-0.05, 0) is 25.3 Å². The molecule has 3 nitrogen and oxygen atoms in total. The Morgan fingerprint density at radius 3 is 2.80 bits per heavy atom. The Kier molecular flexibility index (Phi) is 4.69. The lowest BCUT2D eigenvalue weighted by atomic mass is 9.96. The fourth-order valence-corrected chi connectivity index (χ4v) is 1.85. The molecule has 84 valence electrons. The van der Waals surface area contributed by atoms with Crippen LogP contribution in [0.15, 0.2) is 12.3 Å². The first kappa shape index (κ1) is 12.1. The van der Waals surface area contributed by atoms with E-state index in [0.29, 0.717) is 5.92 Å². The first-order chi connectivity index (χ1) is 7.13. The van der Waals surface area contributed by atoms with Gasteiger partial charge in [0.25, 0.3) is 0 Å². The smallest absolute Gasteiger partial charge is 0.125 e. The summed E-state index contributed by atoms with van der Waals surface area (Å²) in [5.41, 5.74) is 7.07. The van der Waals surface area contributed by atoms with E-state index in [1.165, 1.54) is 12.8 Å². The SMILES string of the molecule is CCCC(C)CC(N)c1ccnc(C)n1. The summed E-state index contributed by atoms with van der Waals surface area (Å²) in [6.45, 7) is 6.35. The van der Waals surface area contributed by atoms with Crippen molar-refractivity contribution in [2.24, 2.45) is 11.7 Å². The van der Waals surface area contributed by atoms with Gasteiger partial charge in [-0.1, -0.05) is 26.7 Å². The highest BCUT2D eigenvalue weighted by Crippen LogP contribution is 2.20. The summed E-state index contributed by atoms with van der Waals surface area (Å²) in [7, 11) is 0. The monoisotopic (exact) mass is 207 g/mol. The maximum absolute atomic E-state index is 6.10. The molecule has 0 aliphatic rings. The van der Waals surface area contributed by atoms with Gasteiger partial charge in [-0.15, -0.1) is 0 Å². The predicted molar refractivity (Wildman–Crippen MR) is 62.4 cm³/mol. The first-order valence-corrected chi connectivity index (χ1v) is 5.68. The molecule has 1 aromatic heterocycles. The van der Waals surface area contributed by atoms with E-state index >= 15 is 0 Å². The number of nitrogens with two attached hydrogens (primary N) is 1. The van der Waals surface area contributed by atoms with Gasteiger partial charge in [0.2, 0.25) is 0 Å². The third-order valence-corrected chi connectivity index (χ3v) is 2.62. The zero-order valence-corrected chi connectivity index (χ0v) is 9.90. The molecule has 0 saturated heterocycles. The highest BCUT2D eigenvalue weighted by Gasteiger charge is 2.11. The zero-order valence-electron chi connectivity index (χ0n) is 9.90. The molecule has 3 heteroatoms. The average molecular weight is 207 g/mol. The van der Waals surface area contributed by atoms with Crippen molar-refractivity contribution in [3.05, 3.63) is 23.8 Å². The highest BCUT2D eigenvalue weighted by atomic mass is 14.9. The van der Waals surface area contributed by atoms with Crippen LogP contribution < -0.4 is 5.73 Å². The Bertz CT molecular complexity index is 299. The molecule has 2 unspecified atom stereocenters. The van der Waals surface area contributed by atoms with E-state index in [0.717, 1.165) is 17.9 Å². The topological polar surface area (TPSA) is 51.8 Å². The van der Waals surface area contributed by atoms with Crippen LogP contribution in [0.1, 0.15) is 50.7 Å². The number of hydrogen-bond donors (Lipinski definition) is 1. The average Bonchev–Trinajstić information content (AvgIpc) is 2.18. The Hall–Kier alpha value is -0.960. The van der Waals surface area contributed by atoms with E-state index in [1.807, 2.05) is 13.0 Å². The van der Waals surface area contributed by atoms with Crippen molar-refractivity contribution in [2.75, 3.05) is 0 Å². The van der Waals surface area contributed by atoms with Gasteiger partial charge in [0, 0.05) is 12.2 Å². The highest BCUT2D eigenvalue weighted by molar-refractivity contribution is 5.06. The normalized spacial score (nSPS) is 14.9. The minimum Gasteiger partial charge on any atom is -0.323 e. The third kappa shape index (κ3) is 3.96. The predicted octanol–water partition coefficient (Wildman–Crippen LogP) is 2.61. The quantitative estimate of drug-likeness (QED) is 0.807. The van der Waals surface area contributed by atoms with Crippen molar-refractivity contribution in [2.45, 2.75) is 46.1 Å². The second-order valence-corrected chi connectivity index (χ2v) is 4.26. The molecular formula is C12H21N3. The summed E-state index contributed by atoms with van der Waals surface area (Å²) in [6, 6.07) is 1.96. The number of aryl methyl sites for hydroxylation is 1. The molecule has 2 atom stereocenters. The minimum absolute atomic E-state index is 0.0493. The van der Waals surface area contributed by atoms with Crippen LogP contribution in [0.2, 0.25) is 0 Å². The summed E-state index contributed by atoms with van der Waals surface area (Å²) in [5, 5.41) is 0. The second-order valence-electron chi connectivity index (χ2n) is 4.26. The van der Waals surface area contributed by atoms with Crippen molar-refractivity contribution < 1.29 is 0 Å². The van der Waals surface area contributed by atoms with Crippen molar-refractivity contribution >= 4 is 0 Å². The Morgan fingerprint density at radius 2 is 2.20 bits per heavy atom. The van der Waals surface area contributed by atoms with Crippen molar-refractivity contribution in [1.82, 2.24) is 9.97 Å². The van der Waals surface area contributed by atoms with E-state index in [2.05, 4.69) is 23.8 Å². The van der Waals surface area contributed by atoms with Crippen LogP contribution >= 0.6 is 0 Å². The summed E-state index contributed by atoms with van der Waals surface area (Å²) in [5.74, 6) is 1.46. The van der Waals surface area contributed by atoms with Crippen LogP contribution in [-0.2, 0) is 0 Å². The largest absolute Gasteiger partial charge is 0.323 e. The van der Waals surface area contributed by atoms with Crippen LogP contribution in [0.25, 0.3) is 0 Å². The molecule has 0 radical (unpaired) electrons. The van der Waals surface area contributed by atoms with Crippen LogP contribution in [-0.4, -0.2) is 9.97 Å². The summed E-state index contributed by atoms with van der Waals surface area (Å²) < 4.78 is 0. The maximum atomic E-state index is 6.10. The molecule has 0 spiro atoms. The van der Waals surface area contributed by atoms with Crippen LogP contribution in [0.3, 0.4) is 0 Å². The van der Waals surface area contributed by atoms with Crippen LogP contribution in [0, 0.1) is 12.8 Å². The number of rotatable bonds is 5. The van der Waals surface area contributed by atoms with Crippen molar-refractivity contribution in [1.29, 1.82) is 0 Å². The number of nitrogens with zero attached hydrogens (tertiary/aromatic N) is 2. The lowest BCUT2D eigenvalue weighted by Gasteiger charge is -2.16. The Morgan fingerprint density at radius 1 is 1.47 bits per heavy atom. The van der Waals surface area contributed by atoms with Gasteiger partial charge in [-0.25, -0.2) is 9.97 Å². The summed E-state index contributed by atoms with van der Waals surface area (Å²) in [4.78, 5) is 8.42.